The van der Waals surface area contributed by atoms with Crippen LogP contribution in [0.5, 0.6) is 0 Å². The Labute approximate surface area is 149 Å². The normalized spacial score (nSPS) is 11.2. The second-order valence-corrected chi connectivity index (χ2v) is 6.43. The molecule has 1 aromatic carbocycles. The van der Waals surface area contributed by atoms with Crippen molar-refractivity contribution in [2.45, 2.75) is 6.92 Å². The van der Waals surface area contributed by atoms with E-state index >= 15 is 0 Å². The number of nitrogens with one attached hydrogen (secondary N) is 1. The van der Waals surface area contributed by atoms with Crippen molar-refractivity contribution >= 4 is 33.6 Å². The first-order valence-corrected chi connectivity index (χ1v) is 8.67. The van der Waals surface area contributed by atoms with Crippen LogP contribution < -0.4 is 5.43 Å². The van der Waals surface area contributed by atoms with Crippen molar-refractivity contribution in [3.63, 3.8) is 0 Å². The zero-order valence-corrected chi connectivity index (χ0v) is 14.4. The molecule has 3 aromatic heterocycles. The second-order valence-electron chi connectivity index (χ2n) is 5.57. The fraction of sp³-hybridized carbons (Fsp3) is 0.0526. The number of benzene rings is 1. The number of aromatic nitrogens is 3. The Bertz CT molecular complexity index is 1020. The minimum Gasteiger partial charge on any atom is -0.265 e. The zero-order valence-electron chi connectivity index (χ0n) is 13.5. The van der Waals surface area contributed by atoms with E-state index in [2.05, 4.69) is 62.0 Å². The van der Waals surface area contributed by atoms with Crippen LogP contribution in [-0.2, 0) is 0 Å². The molecule has 0 aliphatic rings. The van der Waals surface area contributed by atoms with Crippen molar-refractivity contribution in [3.8, 4) is 11.1 Å². The Morgan fingerprint density at radius 1 is 1.04 bits per heavy atom. The van der Waals surface area contributed by atoms with E-state index in [0.29, 0.717) is 5.82 Å². The molecule has 0 aliphatic heterocycles. The third-order valence-electron chi connectivity index (χ3n) is 3.82. The first-order valence-electron chi connectivity index (χ1n) is 7.79. The molecular weight excluding hydrogens is 330 g/mol. The van der Waals surface area contributed by atoms with Crippen molar-refractivity contribution in [1.29, 1.82) is 0 Å². The van der Waals surface area contributed by atoms with Gasteiger partial charge in [0, 0.05) is 23.3 Å². The largest absolute Gasteiger partial charge is 0.265 e. The topological polar surface area (TPSA) is 63.1 Å². The van der Waals surface area contributed by atoms with Gasteiger partial charge < -0.3 is 0 Å². The molecule has 4 rings (SSSR count). The Morgan fingerprint density at radius 3 is 2.64 bits per heavy atom. The number of rotatable bonds is 4. The maximum absolute atomic E-state index is 4.38. The number of hydrazone groups is 1. The lowest BCUT2D eigenvalue weighted by atomic mass is 10.0. The maximum Gasteiger partial charge on any atom is 0.159 e. The third kappa shape index (κ3) is 3.25. The van der Waals surface area contributed by atoms with Gasteiger partial charge in [0.15, 0.2) is 5.82 Å². The summed E-state index contributed by atoms with van der Waals surface area (Å²) in [5.74, 6) is 0.701. The summed E-state index contributed by atoms with van der Waals surface area (Å²) in [5.41, 5.74) is 7.51. The lowest BCUT2D eigenvalue weighted by Crippen LogP contribution is -1.95. The summed E-state index contributed by atoms with van der Waals surface area (Å²) in [6.07, 6.45) is 6.77. The number of thiophene rings is 1. The molecule has 0 saturated heterocycles. The number of pyridine rings is 1. The third-order valence-corrected chi connectivity index (χ3v) is 4.71. The summed E-state index contributed by atoms with van der Waals surface area (Å²) >= 11 is 1.61. The minimum absolute atomic E-state index is 0.701. The quantitative estimate of drug-likeness (QED) is 0.437. The predicted octanol–water partition coefficient (Wildman–Crippen LogP) is 4.51. The van der Waals surface area contributed by atoms with E-state index in [1.807, 2.05) is 12.1 Å². The monoisotopic (exact) mass is 345 g/mol. The predicted molar refractivity (Wildman–Crippen MR) is 103 cm³/mol. The standard InChI is InChI=1S/C19H15N5S/c1-13-2-4-15(5-3-13)16-11-25-19-17(16)18(21-12-22-19)24-23-10-14-6-8-20-9-7-14/h2-12H,1H3,(H,21,22,24)/b23-10+. The van der Waals surface area contributed by atoms with Gasteiger partial charge in [-0.25, -0.2) is 9.97 Å². The zero-order chi connectivity index (χ0) is 17.1. The van der Waals surface area contributed by atoms with Crippen LogP contribution in [0.2, 0.25) is 0 Å². The van der Waals surface area contributed by atoms with Gasteiger partial charge >= 0.3 is 0 Å². The second kappa shape index (κ2) is 6.78. The van der Waals surface area contributed by atoms with Crippen LogP contribution in [0.15, 0.2) is 65.6 Å². The van der Waals surface area contributed by atoms with Crippen LogP contribution >= 0.6 is 11.3 Å². The highest BCUT2D eigenvalue weighted by Gasteiger charge is 2.12. The molecule has 25 heavy (non-hydrogen) atoms. The van der Waals surface area contributed by atoms with Crippen molar-refractivity contribution in [1.82, 2.24) is 15.0 Å². The molecule has 6 heteroatoms. The minimum atomic E-state index is 0.701. The fourth-order valence-electron chi connectivity index (χ4n) is 2.52. The van der Waals surface area contributed by atoms with Gasteiger partial charge in [-0.2, -0.15) is 5.10 Å². The summed E-state index contributed by atoms with van der Waals surface area (Å²) in [6.45, 7) is 2.08. The van der Waals surface area contributed by atoms with E-state index in [0.717, 1.165) is 26.9 Å². The van der Waals surface area contributed by atoms with Crippen molar-refractivity contribution in [2.24, 2.45) is 5.10 Å². The Kier molecular flexibility index (Phi) is 4.18. The smallest absolute Gasteiger partial charge is 0.159 e. The highest BCUT2D eigenvalue weighted by molar-refractivity contribution is 7.17. The summed E-state index contributed by atoms with van der Waals surface area (Å²) in [7, 11) is 0. The highest BCUT2D eigenvalue weighted by Crippen LogP contribution is 2.36. The maximum atomic E-state index is 4.38. The number of fused-ring (bicyclic) bond motifs is 1. The molecule has 5 nitrogen and oxygen atoms in total. The molecule has 0 saturated carbocycles. The van der Waals surface area contributed by atoms with Crippen LogP contribution in [-0.4, -0.2) is 21.2 Å². The molecule has 0 radical (unpaired) electrons. The van der Waals surface area contributed by atoms with Crippen LogP contribution in [0.3, 0.4) is 0 Å². The van der Waals surface area contributed by atoms with E-state index in [1.54, 1.807) is 36.3 Å². The Morgan fingerprint density at radius 2 is 1.84 bits per heavy atom. The molecular formula is C19H15N5S. The number of hydrogen-bond acceptors (Lipinski definition) is 6. The average Bonchev–Trinajstić information content (AvgIpc) is 3.08. The van der Waals surface area contributed by atoms with Crippen molar-refractivity contribution in [2.75, 3.05) is 5.43 Å². The molecule has 4 aromatic rings. The van der Waals surface area contributed by atoms with Crippen LogP contribution in [0.1, 0.15) is 11.1 Å². The van der Waals surface area contributed by atoms with Crippen molar-refractivity contribution < 1.29 is 0 Å². The van der Waals surface area contributed by atoms with Gasteiger partial charge in [0.05, 0.1) is 11.6 Å². The van der Waals surface area contributed by atoms with Gasteiger partial charge in [0.2, 0.25) is 0 Å². The van der Waals surface area contributed by atoms with Gasteiger partial charge in [0.25, 0.3) is 0 Å². The molecule has 0 amide bonds. The average molecular weight is 345 g/mol. The molecule has 122 valence electrons. The van der Waals surface area contributed by atoms with Gasteiger partial charge in [-0.3, -0.25) is 10.4 Å². The van der Waals surface area contributed by atoms with Crippen LogP contribution in [0.4, 0.5) is 5.82 Å². The van der Waals surface area contributed by atoms with E-state index < -0.39 is 0 Å². The van der Waals surface area contributed by atoms with Gasteiger partial charge in [0.1, 0.15) is 11.2 Å². The Balaban J connectivity index is 1.70. The summed E-state index contributed by atoms with van der Waals surface area (Å²) in [5, 5.41) is 7.40. The van der Waals surface area contributed by atoms with E-state index in [1.165, 1.54) is 5.56 Å². The number of aryl methyl sites for hydroxylation is 1. The van der Waals surface area contributed by atoms with Crippen molar-refractivity contribution in [3.05, 3.63) is 71.6 Å². The fourth-order valence-corrected chi connectivity index (χ4v) is 3.44. The van der Waals surface area contributed by atoms with E-state index in [9.17, 15) is 0 Å². The summed E-state index contributed by atoms with van der Waals surface area (Å²) < 4.78 is 0. The first kappa shape index (κ1) is 15.4. The summed E-state index contributed by atoms with van der Waals surface area (Å²) in [6, 6.07) is 12.2. The van der Waals surface area contributed by atoms with Gasteiger partial charge in [-0.15, -0.1) is 11.3 Å². The first-order chi connectivity index (χ1) is 12.3. The molecule has 0 fully saturated rings. The molecule has 0 bridgehead atoms. The Hall–Kier alpha value is -3.12. The highest BCUT2D eigenvalue weighted by atomic mass is 32.1. The van der Waals surface area contributed by atoms with Gasteiger partial charge in [-0.05, 0) is 30.2 Å². The van der Waals surface area contributed by atoms with Gasteiger partial charge in [-0.1, -0.05) is 29.8 Å². The molecule has 1 N–H and O–H groups in total. The summed E-state index contributed by atoms with van der Waals surface area (Å²) in [4.78, 5) is 13.7. The molecule has 0 spiro atoms. The van der Waals surface area contributed by atoms with E-state index in [-0.39, 0.29) is 0 Å². The number of anilines is 1. The lowest BCUT2D eigenvalue weighted by Gasteiger charge is -2.05. The lowest BCUT2D eigenvalue weighted by molar-refractivity contribution is 1.19. The molecule has 0 unspecified atom stereocenters. The van der Waals surface area contributed by atoms with Crippen LogP contribution in [0, 0.1) is 6.92 Å². The SMILES string of the molecule is Cc1ccc(-c2csc3ncnc(N/N=C/c4ccncc4)c23)cc1. The molecule has 0 aliphatic carbocycles. The molecule has 3 heterocycles. The van der Waals surface area contributed by atoms with E-state index in [4.69, 9.17) is 0 Å². The number of nitrogens with zero attached hydrogens (tertiary/aromatic N) is 4. The van der Waals surface area contributed by atoms with Crippen LogP contribution in [0.25, 0.3) is 21.3 Å². The molecule has 0 atom stereocenters. The number of hydrogen-bond donors (Lipinski definition) is 1.